The van der Waals surface area contributed by atoms with Gasteiger partial charge in [0.1, 0.15) is 5.75 Å². The number of benzene rings is 1. The van der Waals surface area contributed by atoms with Gasteiger partial charge < -0.3 is 14.7 Å². The summed E-state index contributed by atoms with van der Waals surface area (Å²) in [5.74, 6) is -0.897. The minimum Gasteiger partial charge on any atom is -0.497 e. The summed E-state index contributed by atoms with van der Waals surface area (Å²) in [7, 11) is 3.20. The number of hydrogen-bond donors (Lipinski definition) is 1. The lowest BCUT2D eigenvalue weighted by Crippen LogP contribution is -2.43. The average molecular weight is 342 g/mol. The van der Waals surface area contributed by atoms with Crippen molar-refractivity contribution in [2.45, 2.75) is 18.9 Å². The average Bonchev–Trinajstić information content (AvgIpc) is 2.42. The van der Waals surface area contributed by atoms with Gasteiger partial charge in [0.15, 0.2) is 0 Å². The van der Waals surface area contributed by atoms with Crippen molar-refractivity contribution in [3.05, 3.63) is 28.2 Å². The second kappa shape index (κ2) is 5.83. The van der Waals surface area contributed by atoms with E-state index in [1.54, 1.807) is 32.4 Å². The zero-order valence-corrected chi connectivity index (χ0v) is 12.9. The molecule has 1 fully saturated rings. The Morgan fingerprint density at radius 1 is 1.50 bits per heavy atom. The number of likely N-dealkylation sites (tertiary alicyclic amines) is 1. The molecule has 0 radical (unpaired) electrons. The maximum absolute atomic E-state index is 11.9. The van der Waals surface area contributed by atoms with Crippen molar-refractivity contribution in [1.82, 2.24) is 4.90 Å². The number of methoxy groups -OCH3 is 1. The topological polar surface area (TPSA) is 66.8 Å². The molecular formula is C14H16BrNO4. The van der Waals surface area contributed by atoms with Crippen molar-refractivity contribution in [1.29, 1.82) is 0 Å². The van der Waals surface area contributed by atoms with Gasteiger partial charge in [0.2, 0.25) is 5.91 Å². The van der Waals surface area contributed by atoms with Crippen LogP contribution in [0.1, 0.15) is 24.4 Å². The van der Waals surface area contributed by atoms with Gasteiger partial charge in [0.05, 0.1) is 19.1 Å². The Morgan fingerprint density at radius 2 is 2.20 bits per heavy atom. The Labute approximate surface area is 125 Å². The number of carboxylic acids is 1. The number of nitrogens with zero attached hydrogens (tertiary/aromatic N) is 1. The van der Waals surface area contributed by atoms with Crippen molar-refractivity contribution in [2.24, 2.45) is 5.92 Å². The first-order chi connectivity index (χ1) is 9.45. The summed E-state index contributed by atoms with van der Waals surface area (Å²) in [6, 6.07) is 4.88. The molecule has 1 saturated heterocycles. The van der Waals surface area contributed by atoms with Gasteiger partial charge in [-0.2, -0.15) is 0 Å². The standard InChI is InChI=1S/C14H16BrNO4/c1-16-12(17)6-4-9(14(18)19)13(16)10-7-8(20-2)3-5-11(10)15/h3,5,7,9,13H,4,6H2,1-2H3,(H,18,19). The molecule has 2 unspecified atom stereocenters. The quantitative estimate of drug-likeness (QED) is 0.916. The molecule has 108 valence electrons. The van der Waals surface area contributed by atoms with Gasteiger partial charge in [-0.05, 0) is 30.2 Å². The highest BCUT2D eigenvalue weighted by Gasteiger charge is 2.39. The fraction of sp³-hybridized carbons (Fsp3) is 0.429. The zero-order valence-electron chi connectivity index (χ0n) is 11.3. The van der Waals surface area contributed by atoms with Crippen LogP contribution in [0.2, 0.25) is 0 Å². The number of aliphatic carboxylic acids is 1. The van der Waals surface area contributed by atoms with E-state index in [1.807, 2.05) is 0 Å². The van der Waals surface area contributed by atoms with Crippen LogP contribution in [-0.2, 0) is 9.59 Å². The Hall–Kier alpha value is -1.56. The maximum Gasteiger partial charge on any atom is 0.308 e. The summed E-state index contributed by atoms with van der Waals surface area (Å²) >= 11 is 3.43. The van der Waals surface area contributed by atoms with E-state index in [0.717, 1.165) is 10.0 Å². The molecule has 1 aromatic rings. The van der Waals surface area contributed by atoms with Gasteiger partial charge in [0, 0.05) is 17.9 Å². The lowest BCUT2D eigenvalue weighted by atomic mass is 9.84. The van der Waals surface area contributed by atoms with Crippen molar-refractivity contribution < 1.29 is 19.4 Å². The minimum absolute atomic E-state index is 0.0396. The van der Waals surface area contributed by atoms with E-state index in [4.69, 9.17) is 4.74 Å². The van der Waals surface area contributed by atoms with Crippen LogP contribution >= 0.6 is 15.9 Å². The molecule has 0 saturated carbocycles. The van der Waals surface area contributed by atoms with Crippen LogP contribution in [0.5, 0.6) is 5.75 Å². The third kappa shape index (κ3) is 2.65. The summed E-state index contributed by atoms with van der Waals surface area (Å²) in [6.07, 6.45) is 0.623. The Morgan fingerprint density at radius 3 is 2.80 bits per heavy atom. The molecule has 0 spiro atoms. The highest BCUT2D eigenvalue weighted by atomic mass is 79.9. The number of carbonyl (C=O) groups is 2. The molecule has 1 heterocycles. The van der Waals surface area contributed by atoms with Gasteiger partial charge in [-0.25, -0.2) is 0 Å². The number of ether oxygens (including phenoxy) is 1. The molecular weight excluding hydrogens is 326 g/mol. The molecule has 1 aromatic carbocycles. The third-order valence-corrected chi connectivity index (χ3v) is 4.42. The first kappa shape index (κ1) is 14.8. The normalized spacial score (nSPS) is 22.8. The molecule has 6 heteroatoms. The monoisotopic (exact) mass is 341 g/mol. The summed E-state index contributed by atoms with van der Waals surface area (Å²) in [5, 5.41) is 9.41. The van der Waals surface area contributed by atoms with Gasteiger partial charge >= 0.3 is 5.97 Å². The number of hydrogen-bond acceptors (Lipinski definition) is 3. The van der Waals surface area contributed by atoms with E-state index < -0.39 is 17.9 Å². The van der Waals surface area contributed by atoms with E-state index in [-0.39, 0.29) is 12.3 Å². The molecule has 1 aliphatic heterocycles. The van der Waals surface area contributed by atoms with Gasteiger partial charge in [0.25, 0.3) is 0 Å². The van der Waals surface area contributed by atoms with Gasteiger partial charge in [-0.3, -0.25) is 9.59 Å². The molecule has 1 N–H and O–H groups in total. The molecule has 1 amide bonds. The molecule has 0 bridgehead atoms. The predicted octanol–water partition coefficient (Wildman–Crippen LogP) is 2.45. The first-order valence-corrected chi connectivity index (χ1v) is 7.07. The van der Waals surface area contributed by atoms with Crippen LogP contribution in [0.25, 0.3) is 0 Å². The second-order valence-electron chi connectivity index (χ2n) is 4.82. The maximum atomic E-state index is 11.9. The lowest BCUT2D eigenvalue weighted by Gasteiger charge is -2.37. The molecule has 5 nitrogen and oxygen atoms in total. The number of amides is 1. The van der Waals surface area contributed by atoms with Crippen LogP contribution in [0.4, 0.5) is 0 Å². The molecule has 0 aromatic heterocycles. The van der Waals surface area contributed by atoms with E-state index >= 15 is 0 Å². The number of piperidine rings is 1. The van der Waals surface area contributed by atoms with Crippen molar-refractivity contribution in [3.8, 4) is 5.75 Å². The Bertz CT molecular complexity index is 546. The second-order valence-corrected chi connectivity index (χ2v) is 5.67. The van der Waals surface area contributed by atoms with Crippen LogP contribution in [-0.4, -0.2) is 36.0 Å². The van der Waals surface area contributed by atoms with Crippen molar-refractivity contribution >= 4 is 27.8 Å². The largest absolute Gasteiger partial charge is 0.497 e. The highest BCUT2D eigenvalue weighted by Crippen LogP contribution is 2.40. The first-order valence-electron chi connectivity index (χ1n) is 6.27. The summed E-state index contributed by atoms with van der Waals surface area (Å²) in [4.78, 5) is 24.9. The van der Waals surface area contributed by atoms with Crippen molar-refractivity contribution in [2.75, 3.05) is 14.2 Å². The van der Waals surface area contributed by atoms with E-state index in [0.29, 0.717) is 12.2 Å². The van der Waals surface area contributed by atoms with E-state index in [1.165, 1.54) is 4.90 Å². The smallest absolute Gasteiger partial charge is 0.308 e. The summed E-state index contributed by atoms with van der Waals surface area (Å²) in [5.41, 5.74) is 0.757. The number of carboxylic acid groups (broad SMARTS) is 1. The molecule has 2 rings (SSSR count). The minimum atomic E-state index is -0.885. The van der Waals surface area contributed by atoms with E-state index in [2.05, 4.69) is 15.9 Å². The Kier molecular flexibility index (Phi) is 4.32. The van der Waals surface area contributed by atoms with Crippen molar-refractivity contribution in [3.63, 3.8) is 0 Å². The van der Waals surface area contributed by atoms with Crippen LogP contribution < -0.4 is 4.74 Å². The number of rotatable bonds is 3. The molecule has 0 aliphatic carbocycles. The highest BCUT2D eigenvalue weighted by molar-refractivity contribution is 9.10. The fourth-order valence-corrected chi connectivity index (χ4v) is 3.08. The Balaban J connectivity index is 2.49. The zero-order chi connectivity index (χ0) is 14.9. The summed E-state index contributed by atoms with van der Waals surface area (Å²) < 4.78 is 5.96. The third-order valence-electron chi connectivity index (χ3n) is 3.70. The predicted molar refractivity (Wildman–Crippen MR) is 76.6 cm³/mol. The van der Waals surface area contributed by atoms with Crippen LogP contribution in [0, 0.1) is 5.92 Å². The van der Waals surface area contributed by atoms with Gasteiger partial charge in [-0.15, -0.1) is 0 Å². The molecule has 20 heavy (non-hydrogen) atoms. The SMILES string of the molecule is COc1ccc(Br)c(C2C(C(=O)O)CCC(=O)N2C)c1. The fourth-order valence-electron chi connectivity index (χ4n) is 2.60. The van der Waals surface area contributed by atoms with Gasteiger partial charge in [-0.1, -0.05) is 15.9 Å². The van der Waals surface area contributed by atoms with Crippen LogP contribution in [0.3, 0.4) is 0 Å². The number of carbonyl (C=O) groups excluding carboxylic acids is 1. The summed E-state index contributed by atoms with van der Waals surface area (Å²) in [6.45, 7) is 0. The van der Waals surface area contributed by atoms with Crippen LogP contribution in [0.15, 0.2) is 22.7 Å². The molecule has 1 aliphatic rings. The molecule has 2 atom stereocenters. The van der Waals surface area contributed by atoms with E-state index in [9.17, 15) is 14.7 Å². The number of halogens is 1. The lowest BCUT2D eigenvalue weighted by molar-refractivity contribution is -0.150.